The number of carbonyl (C=O) groups excluding carboxylic acids is 2. The van der Waals surface area contributed by atoms with Crippen LogP contribution in [0.25, 0.3) is 6.08 Å². The van der Waals surface area contributed by atoms with E-state index in [0.29, 0.717) is 18.2 Å². The van der Waals surface area contributed by atoms with Gasteiger partial charge in [0.2, 0.25) is 0 Å². The molecule has 0 spiro atoms. The minimum Gasteiger partial charge on any atom is -0.467 e. The Morgan fingerprint density at radius 2 is 2.04 bits per heavy atom. The molecule has 1 aliphatic heterocycles. The number of thiocarbonyl (C=S) groups is 1. The van der Waals surface area contributed by atoms with Crippen molar-refractivity contribution in [1.82, 2.24) is 15.5 Å². The molecule has 140 valence electrons. The summed E-state index contributed by atoms with van der Waals surface area (Å²) >= 11 is 5.94. The molecule has 9 heteroatoms. The summed E-state index contributed by atoms with van der Waals surface area (Å²) in [5, 5.41) is 5.89. The van der Waals surface area contributed by atoms with Crippen LogP contribution in [0, 0.1) is 5.82 Å². The van der Waals surface area contributed by atoms with Crippen molar-refractivity contribution in [2.45, 2.75) is 6.54 Å². The van der Waals surface area contributed by atoms with Crippen molar-refractivity contribution in [1.29, 1.82) is 0 Å². The molecule has 27 heavy (non-hydrogen) atoms. The van der Waals surface area contributed by atoms with Gasteiger partial charge in [-0.15, -0.1) is 0 Å². The second-order valence-corrected chi connectivity index (χ2v) is 6.95. The molecule has 0 radical (unpaired) electrons. The Morgan fingerprint density at radius 1 is 1.22 bits per heavy atom. The summed E-state index contributed by atoms with van der Waals surface area (Å²) in [4.78, 5) is 25.8. The molecule has 2 heterocycles. The highest BCUT2D eigenvalue weighted by Gasteiger charge is 2.34. The van der Waals surface area contributed by atoms with Crippen molar-refractivity contribution in [2.24, 2.45) is 0 Å². The number of carbonyl (C=O) groups is 2. The predicted octanol–water partition coefficient (Wildman–Crippen LogP) is 3.12. The Morgan fingerprint density at radius 3 is 2.78 bits per heavy atom. The Bertz CT molecular complexity index is 884. The number of hydrogen-bond donors (Lipinski definition) is 2. The second kappa shape index (κ2) is 8.83. The zero-order valence-electron chi connectivity index (χ0n) is 14.1. The number of hydrogen-bond acceptors (Lipinski definition) is 5. The highest BCUT2D eigenvalue weighted by molar-refractivity contribution is 8.18. The molecule has 0 aliphatic carbocycles. The largest absolute Gasteiger partial charge is 0.467 e. The maximum Gasteiger partial charge on any atom is 0.293 e. The Labute approximate surface area is 164 Å². The predicted molar refractivity (Wildman–Crippen MR) is 105 cm³/mol. The number of rotatable bonds is 6. The van der Waals surface area contributed by atoms with Gasteiger partial charge in [-0.05, 0) is 48.3 Å². The number of furan rings is 1. The number of imide groups is 1. The van der Waals surface area contributed by atoms with Crippen LogP contribution in [0.1, 0.15) is 11.3 Å². The van der Waals surface area contributed by atoms with E-state index < -0.39 is 11.7 Å². The summed E-state index contributed by atoms with van der Waals surface area (Å²) in [6.07, 6.45) is 2.96. The number of amides is 2. The van der Waals surface area contributed by atoms with Gasteiger partial charge in [-0.25, -0.2) is 4.39 Å². The van der Waals surface area contributed by atoms with Gasteiger partial charge in [0.25, 0.3) is 11.1 Å². The van der Waals surface area contributed by atoms with Gasteiger partial charge in [-0.3, -0.25) is 14.5 Å². The fraction of sp³-hybridized carbons (Fsp3) is 0.167. The maximum absolute atomic E-state index is 13.7. The van der Waals surface area contributed by atoms with Gasteiger partial charge < -0.3 is 15.1 Å². The average molecular weight is 405 g/mol. The van der Waals surface area contributed by atoms with E-state index in [9.17, 15) is 14.0 Å². The van der Waals surface area contributed by atoms with Crippen LogP contribution in [0.2, 0.25) is 0 Å². The average Bonchev–Trinajstić information content (AvgIpc) is 3.25. The Kier molecular flexibility index (Phi) is 6.25. The van der Waals surface area contributed by atoms with Gasteiger partial charge in [-0.1, -0.05) is 18.2 Å². The van der Waals surface area contributed by atoms with E-state index in [0.717, 1.165) is 22.4 Å². The molecule has 2 aromatic rings. The van der Waals surface area contributed by atoms with Crippen LogP contribution in [0.15, 0.2) is 52.0 Å². The van der Waals surface area contributed by atoms with Crippen molar-refractivity contribution in [3.63, 3.8) is 0 Å². The molecule has 1 aromatic carbocycles. The quantitative estimate of drug-likeness (QED) is 0.565. The first-order valence-electron chi connectivity index (χ1n) is 8.08. The van der Waals surface area contributed by atoms with Crippen LogP contribution in [-0.2, 0) is 11.3 Å². The minimum atomic E-state index is -0.445. The van der Waals surface area contributed by atoms with Gasteiger partial charge in [0.1, 0.15) is 11.6 Å². The van der Waals surface area contributed by atoms with Gasteiger partial charge in [0.05, 0.1) is 17.7 Å². The first kappa shape index (κ1) is 19.1. The van der Waals surface area contributed by atoms with Gasteiger partial charge in [0, 0.05) is 18.7 Å². The lowest BCUT2D eigenvalue weighted by Crippen LogP contribution is -2.41. The zero-order chi connectivity index (χ0) is 19.2. The van der Waals surface area contributed by atoms with E-state index in [4.69, 9.17) is 16.6 Å². The van der Waals surface area contributed by atoms with E-state index in [1.165, 1.54) is 12.1 Å². The van der Waals surface area contributed by atoms with Gasteiger partial charge >= 0.3 is 0 Å². The first-order chi connectivity index (χ1) is 13.0. The third-order valence-corrected chi connectivity index (χ3v) is 4.89. The Hall–Kier alpha value is -2.65. The van der Waals surface area contributed by atoms with Gasteiger partial charge in [0.15, 0.2) is 5.11 Å². The molecule has 0 atom stereocenters. The lowest BCUT2D eigenvalue weighted by molar-refractivity contribution is -0.122. The van der Waals surface area contributed by atoms with Crippen molar-refractivity contribution in [2.75, 3.05) is 13.1 Å². The van der Waals surface area contributed by atoms with Crippen molar-refractivity contribution < 1.29 is 18.4 Å². The maximum atomic E-state index is 13.7. The topological polar surface area (TPSA) is 74.6 Å². The number of benzene rings is 1. The SMILES string of the molecule is O=C1S/C(=C\c2ccccc2F)C(=O)N1CCNC(=S)NCc1ccco1. The van der Waals surface area contributed by atoms with E-state index in [1.54, 1.807) is 30.5 Å². The summed E-state index contributed by atoms with van der Waals surface area (Å²) in [6.45, 7) is 0.892. The highest BCUT2D eigenvalue weighted by Crippen LogP contribution is 2.32. The summed E-state index contributed by atoms with van der Waals surface area (Å²) < 4.78 is 18.9. The van der Waals surface area contributed by atoms with Crippen molar-refractivity contribution in [3.05, 3.63) is 64.7 Å². The van der Waals surface area contributed by atoms with Crippen molar-refractivity contribution in [3.8, 4) is 0 Å². The standard InChI is InChI=1S/C18H16FN3O3S2/c19-14-6-2-1-4-12(14)10-15-16(23)22(18(24)27-15)8-7-20-17(26)21-11-13-5-3-9-25-13/h1-6,9-10H,7-8,11H2,(H2,20,21,26)/b15-10-. The van der Waals surface area contributed by atoms with Crippen LogP contribution in [0.3, 0.4) is 0 Å². The third kappa shape index (κ3) is 4.95. The fourth-order valence-corrected chi connectivity index (χ4v) is 3.38. The van der Waals surface area contributed by atoms with E-state index in [1.807, 2.05) is 6.07 Å². The molecule has 6 nitrogen and oxygen atoms in total. The highest BCUT2D eigenvalue weighted by atomic mass is 32.2. The lowest BCUT2D eigenvalue weighted by Gasteiger charge is -2.14. The zero-order valence-corrected chi connectivity index (χ0v) is 15.7. The molecule has 1 aliphatic rings. The molecule has 0 bridgehead atoms. The number of nitrogens with one attached hydrogen (secondary N) is 2. The third-order valence-electron chi connectivity index (χ3n) is 3.69. The Balaban J connectivity index is 1.50. The summed E-state index contributed by atoms with van der Waals surface area (Å²) in [7, 11) is 0. The number of halogens is 1. The molecule has 0 unspecified atom stereocenters. The van der Waals surface area contributed by atoms with Crippen LogP contribution in [-0.4, -0.2) is 34.2 Å². The molecule has 1 saturated heterocycles. The first-order valence-corrected chi connectivity index (χ1v) is 9.31. The van der Waals surface area contributed by atoms with Crippen LogP contribution < -0.4 is 10.6 Å². The molecule has 3 rings (SSSR count). The molecule has 1 fully saturated rings. The van der Waals surface area contributed by atoms with E-state index in [-0.39, 0.29) is 22.3 Å². The summed E-state index contributed by atoms with van der Waals surface area (Å²) in [5.41, 5.74) is 0.268. The lowest BCUT2D eigenvalue weighted by atomic mass is 10.2. The molecule has 2 N–H and O–H groups in total. The molecule has 2 amide bonds. The molecular weight excluding hydrogens is 389 g/mol. The van der Waals surface area contributed by atoms with Crippen LogP contribution in [0.4, 0.5) is 9.18 Å². The normalized spacial score (nSPS) is 15.4. The summed E-state index contributed by atoms with van der Waals surface area (Å²) in [6, 6.07) is 9.68. The number of nitrogens with zero attached hydrogens (tertiary/aromatic N) is 1. The smallest absolute Gasteiger partial charge is 0.293 e. The molecule has 0 saturated carbocycles. The van der Waals surface area contributed by atoms with E-state index >= 15 is 0 Å². The van der Waals surface area contributed by atoms with Crippen LogP contribution in [0.5, 0.6) is 0 Å². The fourth-order valence-electron chi connectivity index (χ4n) is 2.35. The minimum absolute atomic E-state index is 0.155. The van der Waals surface area contributed by atoms with Crippen molar-refractivity contribution >= 4 is 46.3 Å². The van der Waals surface area contributed by atoms with Gasteiger partial charge in [-0.2, -0.15) is 0 Å². The second-order valence-electron chi connectivity index (χ2n) is 5.54. The summed E-state index contributed by atoms with van der Waals surface area (Å²) in [5.74, 6) is -0.146. The van der Waals surface area contributed by atoms with Crippen LogP contribution >= 0.6 is 24.0 Å². The number of thioether (sulfide) groups is 1. The van der Waals surface area contributed by atoms with E-state index in [2.05, 4.69) is 10.6 Å². The monoisotopic (exact) mass is 405 g/mol. The molecular formula is C18H16FN3O3S2. The molecule has 1 aromatic heterocycles.